The quantitative estimate of drug-likeness (QED) is 0.639. The summed E-state index contributed by atoms with van der Waals surface area (Å²) in [6.07, 6.45) is 0.660. The second-order valence-corrected chi connectivity index (χ2v) is 9.51. The monoisotopic (exact) mass is 440 g/mol. The Morgan fingerprint density at radius 1 is 1.07 bits per heavy atom. The SMILES string of the molecule is C[C@@H]1Cc2ccccc2N1S(=O)(=O)c1cccc(C(=O)NCc2ccccc2Cl)c1. The Bertz CT molecular complexity index is 1210. The normalized spacial score (nSPS) is 15.7. The van der Waals surface area contributed by atoms with Gasteiger partial charge in [0.2, 0.25) is 0 Å². The highest BCUT2D eigenvalue weighted by atomic mass is 35.5. The van der Waals surface area contributed by atoms with Crippen LogP contribution < -0.4 is 9.62 Å². The van der Waals surface area contributed by atoms with Crippen LogP contribution in [-0.2, 0) is 23.0 Å². The summed E-state index contributed by atoms with van der Waals surface area (Å²) >= 11 is 6.13. The van der Waals surface area contributed by atoms with Gasteiger partial charge in [0.1, 0.15) is 0 Å². The molecule has 0 radical (unpaired) electrons. The zero-order chi connectivity index (χ0) is 21.3. The maximum absolute atomic E-state index is 13.4. The van der Waals surface area contributed by atoms with E-state index in [0.29, 0.717) is 17.1 Å². The number of para-hydroxylation sites is 1. The number of benzene rings is 3. The number of nitrogens with one attached hydrogen (secondary N) is 1. The third kappa shape index (κ3) is 3.80. The maximum Gasteiger partial charge on any atom is 0.264 e. The van der Waals surface area contributed by atoms with Crippen molar-refractivity contribution >= 4 is 33.2 Å². The molecule has 0 saturated heterocycles. The van der Waals surface area contributed by atoms with Crippen molar-refractivity contribution in [2.75, 3.05) is 4.31 Å². The second kappa shape index (κ2) is 8.13. The number of hydrogen-bond acceptors (Lipinski definition) is 3. The van der Waals surface area contributed by atoms with E-state index in [9.17, 15) is 13.2 Å². The number of anilines is 1. The lowest BCUT2D eigenvalue weighted by Crippen LogP contribution is -2.35. The fourth-order valence-electron chi connectivity index (χ4n) is 3.73. The van der Waals surface area contributed by atoms with Gasteiger partial charge in [-0.2, -0.15) is 0 Å². The van der Waals surface area contributed by atoms with Gasteiger partial charge in [0.15, 0.2) is 0 Å². The number of rotatable bonds is 5. The molecule has 1 heterocycles. The summed E-state index contributed by atoms with van der Waals surface area (Å²) in [5, 5.41) is 3.36. The molecule has 7 heteroatoms. The first-order valence-electron chi connectivity index (χ1n) is 9.62. The Kier molecular flexibility index (Phi) is 5.54. The van der Waals surface area contributed by atoms with Crippen molar-refractivity contribution in [2.24, 2.45) is 0 Å². The lowest BCUT2D eigenvalue weighted by molar-refractivity contribution is 0.0950. The Labute approximate surface area is 181 Å². The Morgan fingerprint density at radius 3 is 2.60 bits per heavy atom. The van der Waals surface area contributed by atoms with E-state index in [1.807, 2.05) is 49.4 Å². The van der Waals surface area contributed by atoms with E-state index in [-0.39, 0.29) is 29.0 Å². The largest absolute Gasteiger partial charge is 0.348 e. The van der Waals surface area contributed by atoms with Gasteiger partial charge >= 0.3 is 0 Å². The van der Waals surface area contributed by atoms with Crippen LogP contribution in [0, 0.1) is 0 Å². The number of amides is 1. The van der Waals surface area contributed by atoms with Crippen molar-refractivity contribution in [2.45, 2.75) is 30.8 Å². The van der Waals surface area contributed by atoms with Crippen LogP contribution >= 0.6 is 11.6 Å². The lowest BCUT2D eigenvalue weighted by Gasteiger charge is -2.24. The first-order chi connectivity index (χ1) is 14.4. The molecule has 0 fully saturated rings. The summed E-state index contributed by atoms with van der Waals surface area (Å²) in [5.41, 5.74) is 2.77. The number of halogens is 1. The van der Waals surface area contributed by atoms with Gasteiger partial charge in [-0.15, -0.1) is 0 Å². The highest BCUT2D eigenvalue weighted by Gasteiger charge is 2.36. The average Bonchev–Trinajstić information content (AvgIpc) is 3.09. The van der Waals surface area contributed by atoms with E-state index in [2.05, 4.69) is 5.32 Å². The molecule has 1 amide bonds. The van der Waals surface area contributed by atoms with Crippen molar-refractivity contribution in [3.05, 3.63) is 94.5 Å². The summed E-state index contributed by atoms with van der Waals surface area (Å²) in [6.45, 7) is 2.14. The van der Waals surface area contributed by atoms with Crippen LogP contribution in [0.4, 0.5) is 5.69 Å². The first kappa shape index (κ1) is 20.4. The molecular weight excluding hydrogens is 420 g/mol. The molecule has 3 aromatic carbocycles. The van der Waals surface area contributed by atoms with Gasteiger partial charge in [0, 0.05) is 23.2 Å². The molecule has 1 aliphatic heterocycles. The smallest absolute Gasteiger partial charge is 0.264 e. The minimum Gasteiger partial charge on any atom is -0.348 e. The van der Waals surface area contributed by atoms with Gasteiger partial charge in [0.25, 0.3) is 15.9 Å². The minimum atomic E-state index is -3.80. The predicted molar refractivity (Wildman–Crippen MR) is 118 cm³/mol. The number of fused-ring (bicyclic) bond motifs is 1. The third-order valence-corrected chi connectivity index (χ3v) is 7.49. The molecule has 0 spiro atoms. The van der Waals surface area contributed by atoms with Crippen LogP contribution in [0.5, 0.6) is 0 Å². The van der Waals surface area contributed by atoms with Crippen LogP contribution in [0.3, 0.4) is 0 Å². The van der Waals surface area contributed by atoms with Crippen LogP contribution in [0.25, 0.3) is 0 Å². The average molecular weight is 441 g/mol. The topological polar surface area (TPSA) is 66.5 Å². The molecule has 3 aromatic rings. The van der Waals surface area contributed by atoms with Gasteiger partial charge in [-0.05, 0) is 54.8 Å². The molecule has 1 aliphatic rings. The predicted octanol–water partition coefficient (Wildman–Crippen LogP) is 4.41. The fraction of sp³-hybridized carbons (Fsp3) is 0.174. The standard InChI is InChI=1S/C23H21ClN2O3S/c1-16-13-17-7-3-5-12-22(17)26(16)30(28,29)20-10-6-9-18(14-20)23(27)25-15-19-8-2-4-11-21(19)24/h2-12,14,16H,13,15H2,1H3,(H,25,27)/t16-/m1/s1. The van der Waals surface area contributed by atoms with E-state index in [1.165, 1.54) is 16.4 Å². The number of carbonyl (C=O) groups is 1. The van der Waals surface area contributed by atoms with E-state index in [0.717, 1.165) is 11.1 Å². The Morgan fingerprint density at radius 2 is 1.80 bits per heavy atom. The molecule has 0 bridgehead atoms. The summed E-state index contributed by atoms with van der Waals surface area (Å²) in [5.74, 6) is -0.359. The second-order valence-electron chi connectivity index (χ2n) is 7.28. The van der Waals surface area contributed by atoms with Crippen molar-refractivity contribution in [1.29, 1.82) is 0 Å². The van der Waals surface area contributed by atoms with Crippen LogP contribution in [0.2, 0.25) is 5.02 Å². The molecule has 0 unspecified atom stereocenters. The highest BCUT2D eigenvalue weighted by Crippen LogP contribution is 2.36. The summed E-state index contributed by atoms with van der Waals surface area (Å²) < 4.78 is 28.2. The number of sulfonamides is 1. The molecule has 5 nitrogen and oxygen atoms in total. The summed E-state index contributed by atoms with van der Waals surface area (Å²) in [4.78, 5) is 12.7. The first-order valence-corrected chi connectivity index (χ1v) is 11.4. The summed E-state index contributed by atoms with van der Waals surface area (Å²) in [6, 6.07) is 20.7. The van der Waals surface area contributed by atoms with Crippen molar-refractivity contribution < 1.29 is 13.2 Å². The number of carbonyl (C=O) groups excluding carboxylic acids is 1. The molecular formula is C23H21ClN2O3S. The fourth-order valence-corrected chi connectivity index (χ4v) is 5.68. The highest BCUT2D eigenvalue weighted by molar-refractivity contribution is 7.92. The minimum absolute atomic E-state index is 0.0939. The molecule has 154 valence electrons. The number of hydrogen-bond donors (Lipinski definition) is 1. The Hall–Kier alpha value is -2.83. The van der Waals surface area contributed by atoms with Gasteiger partial charge in [-0.3, -0.25) is 9.10 Å². The van der Waals surface area contributed by atoms with Crippen molar-refractivity contribution in [3.63, 3.8) is 0 Å². The molecule has 30 heavy (non-hydrogen) atoms. The van der Waals surface area contributed by atoms with Gasteiger partial charge < -0.3 is 5.32 Å². The lowest BCUT2D eigenvalue weighted by atomic mass is 10.1. The Balaban J connectivity index is 1.58. The van der Waals surface area contributed by atoms with Gasteiger partial charge in [0.05, 0.1) is 10.6 Å². The zero-order valence-corrected chi connectivity index (χ0v) is 18.0. The van der Waals surface area contributed by atoms with Gasteiger partial charge in [-0.25, -0.2) is 8.42 Å². The van der Waals surface area contributed by atoms with Crippen LogP contribution in [0.15, 0.2) is 77.7 Å². The molecule has 1 N–H and O–H groups in total. The molecule has 0 aromatic heterocycles. The number of nitrogens with zero attached hydrogens (tertiary/aromatic N) is 1. The van der Waals surface area contributed by atoms with Crippen LogP contribution in [0.1, 0.15) is 28.4 Å². The maximum atomic E-state index is 13.4. The van der Waals surface area contributed by atoms with E-state index in [4.69, 9.17) is 11.6 Å². The molecule has 1 atom stereocenters. The molecule has 0 aliphatic carbocycles. The molecule has 4 rings (SSSR count). The summed E-state index contributed by atoms with van der Waals surface area (Å²) in [7, 11) is -3.80. The third-order valence-electron chi connectivity index (χ3n) is 5.19. The van der Waals surface area contributed by atoms with Gasteiger partial charge in [-0.1, -0.05) is 54.1 Å². The molecule has 0 saturated carbocycles. The van der Waals surface area contributed by atoms with Crippen molar-refractivity contribution in [3.8, 4) is 0 Å². The van der Waals surface area contributed by atoms with Crippen molar-refractivity contribution in [1.82, 2.24) is 5.32 Å². The van der Waals surface area contributed by atoms with Crippen LogP contribution in [-0.4, -0.2) is 20.4 Å². The van der Waals surface area contributed by atoms with E-state index < -0.39 is 10.0 Å². The zero-order valence-electron chi connectivity index (χ0n) is 16.4. The van der Waals surface area contributed by atoms with E-state index in [1.54, 1.807) is 18.2 Å². The van der Waals surface area contributed by atoms with E-state index >= 15 is 0 Å².